The maximum Gasteiger partial charge on any atom is 0.271 e. The molecule has 96 valence electrons. The van der Waals surface area contributed by atoms with E-state index >= 15 is 0 Å². The molecule has 2 aromatic heterocycles. The molecule has 0 aromatic carbocycles. The zero-order valence-electron chi connectivity index (χ0n) is 10.6. The van der Waals surface area contributed by atoms with Gasteiger partial charge < -0.3 is 11.1 Å². The Hall–Kier alpha value is -2.31. The van der Waals surface area contributed by atoms with Crippen LogP contribution in [0.25, 0.3) is 0 Å². The van der Waals surface area contributed by atoms with E-state index in [1.807, 2.05) is 13.2 Å². The molecule has 7 nitrogen and oxygen atoms in total. The number of nitrogen functional groups attached to an aromatic ring is 1. The fourth-order valence-corrected chi connectivity index (χ4v) is 1.77. The van der Waals surface area contributed by atoms with Crippen molar-refractivity contribution in [3.05, 3.63) is 29.3 Å². The number of hydrogen-bond acceptors (Lipinski definition) is 4. The summed E-state index contributed by atoms with van der Waals surface area (Å²) < 4.78 is 3.17. The Kier molecular flexibility index (Phi) is 3.05. The molecular formula is C11H16N6O. The number of hydrogen-bond donors (Lipinski definition) is 2. The molecule has 2 aromatic rings. The molecular weight excluding hydrogens is 232 g/mol. The number of carbonyl (C=O) groups is 1. The molecule has 18 heavy (non-hydrogen) atoms. The molecule has 0 aliphatic heterocycles. The molecule has 0 saturated carbocycles. The van der Waals surface area contributed by atoms with E-state index in [0.29, 0.717) is 23.6 Å². The third kappa shape index (κ3) is 2.20. The van der Waals surface area contributed by atoms with E-state index in [0.717, 1.165) is 5.56 Å². The summed E-state index contributed by atoms with van der Waals surface area (Å²) in [5, 5.41) is 10.9. The van der Waals surface area contributed by atoms with E-state index in [1.54, 1.807) is 24.9 Å². The third-order valence-electron chi connectivity index (χ3n) is 2.70. The lowest BCUT2D eigenvalue weighted by Gasteiger charge is -2.04. The van der Waals surface area contributed by atoms with Crippen molar-refractivity contribution in [1.29, 1.82) is 0 Å². The lowest BCUT2D eigenvalue weighted by Crippen LogP contribution is -2.25. The number of amides is 1. The van der Waals surface area contributed by atoms with Gasteiger partial charge in [0.05, 0.1) is 17.6 Å². The van der Waals surface area contributed by atoms with Gasteiger partial charge in [0.1, 0.15) is 5.69 Å². The van der Waals surface area contributed by atoms with Gasteiger partial charge in [-0.3, -0.25) is 14.2 Å². The van der Waals surface area contributed by atoms with Gasteiger partial charge in [-0.25, -0.2) is 0 Å². The number of nitrogens with one attached hydrogen (secondary N) is 1. The minimum atomic E-state index is -0.237. The molecule has 0 bridgehead atoms. The normalized spacial score (nSPS) is 10.6. The zero-order valence-corrected chi connectivity index (χ0v) is 10.6. The number of rotatable bonds is 3. The van der Waals surface area contributed by atoms with Gasteiger partial charge in [0, 0.05) is 32.4 Å². The van der Waals surface area contributed by atoms with Crippen LogP contribution in [0.3, 0.4) is 0 Å². The van der Waals surface area contributed by atoms with Gasteiger partial charge in [0.25, 0.3) is 5.91 Å². The average molecular weight is 248 g/mol. The highest BCUT2D eigenvalue weighted by Crippen LogP contribution is 2.14. The van der Waals surface area contributed by atoms with Crippen molar-refractivity contribution in [2.75, 3.05) is 5.73 Å². The summed E-state index contributed by atoms with van der Waals surface area (Å²) in [5.41, 5.74) is 8.21. The van der Waals surface area contributed by atoms with Crippen molar-refractivity contribution in [3.63, 3.8) is 0 Å². The second-order valence-corrected chi connectivity index (χ2v) is 4.18. The molecule has 2 rings (SSSR count). The maximum atomic E-state index is 12.0. The Balaban J connectivity index is 2.08. The fourth-order valence-electron chi connectivity index (χ4n) is 1.77. The summed E-state index contributed by atoms with van der Waals surface area (Å²) in [5.74, 6) is -0.237. The minimum absolute atomic E-state index is 0.237. The topological polar surface area (TPSA) is 90.8 Å². The van der Waals surface area contributed by atoms with Gasteiger partial charge in [0.15, 0.2) is 0 Å². The smallest absolute Gasteiger partial charge is 0.271 e. The molecule has 1 amide bonds. The van der Waals surface area contributed by atoms with Crippen LogP contribution in [0, 0.1) is 6.92 Å². The van der Waals surface area contributed by atoms with Crippen molar-refractivity contribution in [2.45, 2.75) is 13.5 Å². The van der Waals surface area contributed by atoms with Crippen LogP contribution in [0.4, 0.5) is 5.69 Å². The van der Waals surface area contributed by atoms with Crippen LogP contribution in [0.15, 0.2) is 12.4 Å². The largest absolute Gasteiger partial charge is 0.395 e. The summed E-state index contributed by atoms with van der Waals surface area (Å²) in [7, 11) is 3.52. The second-order valence-electron chi connectivity index (χ2n) is 4.18. The molecule has 0 unspecified atom stereocenters. The molecule has 7 heteroatoms. The van der Waals surface area contributed by atoms with E-state index in [2.05, 4.69) is 15.5 Å². The first kappa shape index (κ1) is 12.2. The Labute approximate surface area is 105 Å². The van der Waals surface area contributed by atoms with E-state index in [1.165, 1.54) is 4.68 Å². The highest BCUT2D eigenvalue weighted by atomic mass is 16.2. The number of anilines is 1. The standard InChI is InChI=1S/C11H16N6O/c1-7-9(12)10(17(3)15-7)11(18)13-4-8-5-14-16(2)6-8/h5-6H,4,12H2,1-3H3,(H,13,18). The average Bonchev–Trinajstić information content (AvgIpc) is 2.82. The van der Waals surface area contributed by atoms with Crippen LogP contribution in [0.5, 0.6) is 0 Å². The van der Waals surface area contributed by atoms with Gasteiger partial charge in [-0.15, -0.1) is 0 Å². The summed E-state index contributed by atoms with van der Waals surface area (Å²) in [6.07, 6.45) is 3.55. The van der Waals surface area contributed by atoms with Gasteiger partial charge in [-0.05, 0) is 6.92 Å². The Bertz CT molecular complexity index is 582. The van der Waals surface area contributed by atoms with Crippen molar-refractivity contribution >= 4 is 11.6 Å². The summed E-state index contributed by atoms with van der Waals surface area (Å²) >= 11 is 0. The monoisotopic (exact) mass is 248 g/mol. The number of nitrogens with two attached hydrogens (primary N) is 1. The zero-order chi connectivity index (χ0) is 13.3. The number of aryl methyl sites for hydroxylation is 3. The van der Waals surface area contributed by atoms with Crippen molar-refractivity contribution in [3.8, 4) is 0 Å². The van der Waals surface area contributed by atoms with Crippen LogP contribution < -0.4 is 11.1 Å². The summed E-state index contributed by atoms with van der Waals surface area (Å²) in [6, 6.07) is 0. The predicted octanol–water partition coefficient (Wildman–Crippen LogP) is -0.0258. The van der Waals surface area contributed by atoms with Crippen LogP contribution in [-0.4, -0.2) is 25.5 Å². The van der Waals surface area contributed by atoms with Crippen LogP contribution in [0.2, 0.25) is 0 Å². The molecule has 0 aliphatic rings. The molecule has 0 radical (unpaired) electrons. The quantitative estimate of drug-likeness (QED) is 0.798. The molecule has 0 aliphatic carbocycles. The minimum Gasteiger partial charge on any atom is -0.395 e. The Morgan fingerprint density at radius 3 is 2.72 bits per heavy atom. The first-order valence-electron chi connectivity index (χ1n) is 5.54. The number of aromatic nitrogens is 4. The van der Waals surface area contributed by atoms with Crippen LogP contribution >= 0.6 is 0 Å². The van der Waals surface area contributed by atoms with Gasteiger partial charge in [-0.2, -0.15) is 10.2 Å². The molecule has 0 saturated heterocycles. The SMILES string of the molecule is Cc1nn(C)c(C(=O)NCc2cnn(C)c2)c1N. The van der Waals surface area contributed by atoms with Gasteiger partial charge in [0.2, 0.25) is 0 Å². The van der Waals surface area contributed by atoms with E-state index in [-0.39, 0.29) is 5.91 Å². The van der Waals surface area contributed by atoms with Crippen LogP contribution in [-0.2, 0) is 20.6 Å². The van der Waals surface area contributed by atoms with Crippen LogP contribution in [0.1, 0.15) is 21.7 Å². The lowest BCUT2D eigenvalue weighted by molar-refractivity contribution is 0.0942. The molecule has 2 heterocycles. The predicted molar refractivity (Wildman–Crippen MR) is 66.7 cm³/mol. The molecule has 0 spiro atoms. The van der Waals surface area contributed by atoms with Crippen molar-refractivity contribution in [1.82, 2.24) is 24.9 Å². The second kappa shape index (κ2) is 4.52. The van der Waals surface area contributed by atoms with E-state index in [9.17, 15) is 4.79 Å². The fraction of sp³-hybridized carbons (Fsp3) is 0.364. The number of carbonyl (C=O) groups excluding carboxylic acids is 1. The van der Waals surface area contributed by atoms with Gasteiger partial charge in [-0.1, -0.05) is 0 Å². The Morgan fingerprint density at radius 1 is 1.50 bits per heavy atom. The van der Waals surface area contributed by atoms with Gasteiger partial charge >= 0.3 is 0 Å². The first-order valence-corrected chi connectivity index (χ1v) is 5.54. The molecule has 3 N–H and O–H groups in total. The summed E-state index contributed by atoms with van der Waals surface area (Å²) in [4.78, 5) is 12.0. The van der Waals surface area contributed by atoms with Crippen molar-refractivity contribution in [2.24, 2.45) is 14.1 Å². The van der Waals surface area contributed by atoms with E-state index in [4.69, 9.17) is 5.73 Å². The molecule has 0 fully saturated rings. The summed E-state index contributed by atoms with van der Waals surface area (Å²) in [6.45, 7) is 2.18. The lowest BCUT2D eigenvalue weighted by atomic mass is 10.3. The number of nitrogens with zero attached hydrogens (tertiary/aromatic N) is 4. The van der Waals surface area contributed by atoms with E-state index < -0.39 is 0 Å². The highest BCUT2D eigenvalue weighted by molar-refractivity contribution is 5.97. The molecule has 0 atom stereocenters. The highest BCUT2D eigenvalue weighted by Gasteiger charge is 2.17. The maximum absolute atomic E-state index is 12.0. The Morgan fingerprint density at radius 2 is 2.22 bits per heavy atom. The third-order valence-corrected chi connectivity index (χ3v) is 2.70. The first-order chi connectivity index (χ1) is 8.49. The van der Waals surface area contributed by atoms with Crippen molar-refractivity contribution < 1.29 is 4.79 Å².